The average Bonchev–Trinajstić information content (AvgIpc) is 2.72. The molecule has 0 aliphatic carbocycles. The molecule has 1 fully saturated rings. The molecule has 0 amide bonds. The van der Waals surface area contributed by atoms with E-state index in [2.05, 4.69) is 18.7 Å². The van der Waals surface area contributed by atoms with Crippen molar-refractivity contribution in [2.45, 2.75) is 39.8 Å². The molecule has 0 radical (unpaired) electrons. The molecule has 1 heterocycles. The summed E-state index contributed by atoms with van der Waals surface area (Å²) >= 11 is 0. The van der Waals surface area contributed by atoms with E-state index in [4.69, 9.17) is 0 Å². The van der Waals surface area contributed by atoms with E-state index in [9.17, 15) is 12.8 Å². The summed E-state index contributed by atoms with van der Waals surface area (Å²) in [6.07, 6.45) is 0.823. The van der Waals surface area contributed by atoms with Crippen LogP contribution in [-0.2, 0) is 16.6 Å². The zero-order chi connectivity index (χ0) is 17.0. The minimum absolute atomic E-state index is 0.149. The Bertz CT molecular complexity index is 602. The zero-order valence-corrected chi connectivity index (χ0v) is 15.0. The first kappa shape index (κ1) is 18.4. The number of sulfonamides is 1. The molecule has 23 heavy (non-hydrogen) atoms. The molecule has 0 unspecified atom stereocenters. The molecule has 1 aliphatic heterocycles. The molecule has 1 saturated heterocycles. The lowest BCUT2D eigenvalue weighted by Gasteiger charge is -2.34. The van der Waals surface area contributed by atoms with Crippen LogP contribution >= 0.6 is 0 Å². The molecule has 0 aromatic heterocycles. The minimum Gasteiger partial charge on any atom is -0.295 e. The first-order valence-corrected chi connectivity index (χ1v) is 9.90. The van der Waals surface area contributed by atoms with Crippen molar-refractivity contribution < 1.29 is 12.8 Å². The van der Waals surface area contributed by atoms with Crippen LogP contribution in [0, 0.1) is 11.7 Å². The van der Waals surface area contributed by atoms with Gasteiger partial charge >= 0.3 is 0 Å². The second kappa shape index (κ2) is 7.73. The SMILES string of the molecule is CCS(=O)(=O)N1CCCN(Cc2ccc(F)cc2)[C@@H](C(C)C)C1. The highest BCUT2D eigenvalue weighted by atomic mass is 32.2. The van der Waals surface area contributed by atoms with Gasteiger partial charge in [0.25, 0.3) is 0 Å². The van der Waals surface area contributed by atoms with Gasteiger partial charge in [-0.2, -0.15) is 0 Å². The number of hydrogen-bond donors (Lipinski definition) is 0. The monoisotopic (exact) mass is 342 g/mol. The lowest BCUT2D eigenvalue weighted by molar-refractivity contribution is 0.149. The highest BCUT2D eigenvalue weighted by Gasteiger charge is 2.31. The van der Waals surface area contributed by atoms with E-state index in [-0.39, 0.29) is 17.6 Å². The fraction of sp³-hybridized carbons (Fsp3) is 0.647. The molecule has 1 aromatic carbocycles. The molecule has 1 atom stereocenters. The fourth-order valence-electron chi connectivity index (χ4n) is 3.12. The molecule has 4 nitrogen and oxygen atoms in total. The maximum absolute atomic E-state index is 13.1. The van der Waals surface area contributed by atoms with Crippen molar-refractivity contribution in [3.05, 3.63) is 35.6 Å². The predicted octanol–water partition coefficient (Wildman–Crippen LogP) is 2.71. The van der Waals surface area contributed by atoms with Crippen molar-refractivity contribution in [2.24, 2.45) is 5.92 Å². The van der Waals surface area contributed by atoms with Crippen molar-refractivity contribution in [1.29, 1.82) is 0 Å². The Labute approximate surface area is 139 Å². The Morgan fingerprint density at radius 1 is 1.22 bits per heavy atom. The third kappa shape index (κ3) is 4.75. The van der Waals surface area contributed by atoms with E-state index in [0.717, 1.165) is 25.1 Å². The topological polar surface area (TPSA) is 40.6 Å². The smallest absolute Gasteiger partial charge is 0.213 e. The summed E-state index contributed by atoms with van der Waals surface area (Å²) in [6, 6.07) is 6.73. The van der Waals surface area contributed by atoms with E-state index in [1.165, 1.54) is 12.1 Å². The van der Waals surface area contributed by atoms with E-state index in [1.54, 1.807) is 23.4 Å². The van der Waals surface area contributed by atoms with Crippen molar-refractivity contribution in [3.63, 3.8) is 0 Å². The molecule has 2 rings (SSSR count). The third-order valence-corrected chi connectivity index (χ3v) is 6.39. The maximum atomic E-state index is 13.1. The highest BCUT2D eigenvalue weighted by molar-refractivity contribution is 7.89. The van der Waals surface area contributed by atoms with Crippen LogP contribution in [0.3, 0.4) is 0 Å². The average molecular weight is 342 g/mol. The molecule has 1 aromatic rings. The molecule has 1 aliphatic rings. The Kier molecular flexibility index (Phi) is 6.17. The number of benzene rings is 1. The van der Waals surface area contributed by atoms with Crippen molar-refractivity contribution in [1.82, 2.24) is 9.21 Å². The van der Waals surface area contributed by atoms with Gasteiger partial charge in [0.05, 0.1) is 5.75 Å². The number of halogens is 1. The Balaban J connectivity index is 2.17. The standard InChI is InChI=1S/C17H27FN2O2S/c1-4-23(21,22)20-11-5-10-19(17(13-20)14(2)3)12-15-6-8-16(18)9-7-15/h6-9,14,17H,4-5,10-13H2,1-3H3/t17-/m1/s1. The minimum atomic E-state index is -3.16. The normalized spacial score (nSPS) is 21.5. The summed E-state index contributed by atoms with van der Waals surface area (Å²) in [5.74, 6) is 0.267. The molecule has 130 valence electrons. The third-order valence-electron chi connectivity index (χ3n) is 4.54. The van der Waals surface area contributed by atoms with Gasteiger partial charge in [-0.15, -0.1) is 0 Å². The first-order chi connectivity index (χ1) is 10.8. The largest absolute Gasteiger partial charge is 0.295 e. The van der Waals surface area contributed by atoms with Gasteiger partial charge in [-0.25, -0.2) is 17.1 Å². The van der Waals surface area contributed by atoms with Gasteiger partial charge in [0.2, 0.25) is 10.0 Å². The summed E-state index contributed by atoms with van der Waals surface area (Å²) in [5, 5.41) is 0. The summed E-state index contributed by atoms with van der Waals surface area (Å²) in [7, 11) is -3.16. The second-order valence-corrected chi connectivity index (χ2v) is 8.78. The number of rotatable bonds is 5. The van der Waals surface area contributed by atoms with Crippen LogP contribution in [0.15, 0.2) is 24.3 Å². The Morgan fingerprint density at radius 2 is 1.87 bits per heavy atom. The fourth-order valence-corrected chi connectivity index (χ4v) is 4.27. The van der Waals surface area contributed by atoms with E-state index >= 15 is 0 Å². The maximum Gasteiger partial charge on any atom is 0.213 e. The van der Waals surface area contributed by atoms with Crippen molar-refractivity contribution in [2.75, 3.05) is 25.4 Å². The molecule has 0 N–H and O–H groups in total. The van der Waals surface area contributed by atoms with E-state index < -0.39 is 10.0 Å². The molecule has 6 heteroatoms. The number of hydrogen-bond acceptors (Lipinski definition) is 3. The summed E-state index contributed by atoms with van der Waals surface area (Å²) in [6.45, 7) is 8.66. The quantitative estimate of drug-likeness (QED) is 0.826. The zero-order valence-electron chi connectivity index (χ0n) is 14.2. The van der Waals surface area contributed by atoms with Gasteiger partial charge in [0.15, 0.2) is 0 Å². The molecule has 0 saturated carbocycles. The summed E-state index contributed by atoms with van der Waals surface area (Å²) in [4.78, 5) is 2.34. The summed E-state index contributed by atoms with van der Waals surface area (Å²) in [5.41, 5.74) is 1.06. The van der Waals surface area contributed by atoms with Crippen LogP contribution in [-0.4, -0.2) is 49.1 Å². The Hall–Kier alpha value is -0.980. The Morgan fingerprint density at radius 3 is 2.43 bits per heavy atom. The predicted molar refractivity (Wildman–Crippen MR) is 91.1 cm³/mol. The lowest BCUT2D eigenvalue weighted by Crippen LogP contribution is -2.45. The van der Waals surface area contributed by atoms with Crippen LogP contribution in [0.25, 0.3) is 0 Å². The molecule has 0 bridgehead atoms. The van der Waals surface area contributed by atoms with Crippen LogP contribution in [0.1, 0.15) is 32.8 Å². The van der Waals surface area contributed by atoms with Gasteiger partial charge in [-0.05, 0) is 37.0 Å². The molecular formula is C17H27FN2O2S. The molecule has 0 spiro atoms. The second-order valence-electron chi connectivity index (χ2n) is 6.52. The first-order valence-electron chi connectivity index (χ1n) is 8.29. The summed E-state index contributed by atoms with van der Waals surface area (Å²) < 4.78 is 39.2. The molecular weight excluding hydrogens is 315 g/mol. The van der Waals surface area contributed by atoms with E-state index in [1.807, 2.05) is 0 Å². The van der Waals surface area contributed by atoms with Crippen LogP contribution in [0.4, 0.5) is 4.39 Å². The van der Waals surface area contributed by atoms with Gasteiger partial charge in [0, 0.05) is 32.2 Å². The van der Waals surface area contributed by atoms with Gasteiger partial charge in [-0.3, -0.25) is 4.90 Å². The number of nitrogens with zero attached hydrogens (tertiary/aromatic N) is 2. The van der Waals surface area contributed by atoms with Crippen LogP contribution in [0.5, 0.6) is 0 Å². The van der Waals surface area contributed by atoms with Crippen LogP contribution in [0.2, 0.25) is 0 Å². The highest BCUT2D eigenvalue weighted by Crippen LogP contribution is 2.21. The van der Waals surface area contributed by atoms with Gasteiger partial charge in [-0.1, -0.05) is 26.0 Å². The van der Waals surface area contributed by atoms with Crippen molar-refractivity contribution in [3.8, 4) is 0 Å². The van der Waals surface area contributed by atoms with Crippen LogP contribution < -0.4 is 0 Å². The van der Waals surface area contributed by atoms with Gasteiger partial charge in [0.1, 0.15) is 5.82 Å². The lowest BCUT2D eigenvalue weighted by atomic mass is 10.0. The van der Waals surface area contributed by atoms with E-state index in [0.29, 0.717) is 19.0 Å². The van der Waals surface area contributed by atoms with Crippen molar-refractivity contribution >= 4 is 10.0 Å². The van der Waals surface area contributed by atoms with Gasteiger partial charge < -0.3 is 0 Å².